The highest BCUT2D eigenvalue weighted by atomic mass is 35.5. The maximum atomic E-state index is 13.3. The summed E-state index contributed by atoms with van der Waals surface area (Å²) in [7, 11) is 1.50. The summed E-state index contributed by atoms with van der Waals surface area (Å²) in [6.07, 6.45) is 2.99. The highest BCUT2D eigenvalue weighted by Crippen LogP contribution is 2.56. The third-order valence-corrected chi connectivity index (χ3v) is 6.92. The van der Waals surface area contributed by atoms with Gasteiger partial charge >= 0.3 is 0 Å². The van der Waals surface area contributed by atoms with Crippen LogP contribution >= 0.6 is 11.6 Å². The lowest BCUT2D eigenvalue weighted by Gasteiger charge is -2.21. The van der Waals surface area contributed by atoms with Crippen molar-refractivity contribution in [3.63, 3.8) is 0 Å². The summed E-state index contributed by atoms with van der Waals surface area (Å²) >= 11 is 6.07. The van der Waals surface area contributed by atoms with E-state index in [4.69, 9.17) is 16.3 Å². The first-order valence-corrected chi connectivity index (χ1v) is 10.6. The molecular weight excluding hydrogens is 416 g/mol. The summed E-state index contributed by atoms with van der Waals surface area (Å²) < 4.78 is 5.29. The van der Waals surface area contributed by atoms with E-state index in [0.29, 0.717) is 22.1 Å². The van der Waals surface area contributed by atoms with E-state index in [-0.39, 0.29) is 41.0 Å². The van der Waals surface area contributed by atoms with Crippen LogP contribution in [0.2, 0.25) is 5.02 Å². The number of nitrogens with one attached hydrogen (secondary N) is 1. The van der Waals surface area contributed by atoms with Gasteiger partial charge < -0.3 is 10.1 Å². The molecule has 31 heavy (non-hydrogen) atoms. The number of carbonyl (C=O) groups excluding carboxylic acids is 3. The molecule has 158 valence electrons. The SMILES string of the molecule is COc1ccc(Cl)cc1NC(=O)c1ccccc1N1C(=O)[C@@H]2[C@H](C1=O)[C@H]1C=C(C)[C@H]2C1. The molecule has 0 aromatic heterocycles. The van der Waals surface area contributed by atoms with Crippen LogP contribution in [0.5, 0.6) is 5.75 Å². The van der Waals surface area contributed by atoms with Gasteiger partial charge in [0.05, 0.1) is 35.9 Å². The van der Waals surface area contributed by atoms with E-state index < -0.39 is 5.91 Å². The lowest BCUT2D eigenvalue weighted by molar-refractivity contribution is -0.123. The number of anilines is 2. The molecule has 2 bridgehead atoms. The van der Waals surface area contributed by atoms with Gasteiger partial charge in [0.15, 0.2) is 0 Å². The van der Waals surface area contributed by atoms with Crippen LogP contribution in [0.4, 0.5) is 11.4 Å². The summed E-state index contributed by atoms with van der Waals surface area (Å²) in [6.45, 7) is 2.03. The van der Waals surface area contributed by atoms with Crippen molar-refractivity contribution in [2.75, 3.05) is 17.3 Å². The van der Waals surface area contributed by atoms with Crippen LogP contribution in [-0.4, -0.2) is 24.8 Å². The van der Waals surface area contributed by atoms with Crippen LogP contribution in [-0.2, 0) is 9.59 Å². The number of fused-ring (bicyclic) bond motifs is 5. The van der Waals surface area contributed by atoms with E-state index in [9.17, 15) is 14.4 Å². The van der Waals surface area contributed by atoms with Gasteiger partial charge in [-0.3, -0.25) is 14.4 Å². The number of methoxy groups -OCH3 is 1. The minimum atomic E-state index is -0.453. The van der Waals surface area contributed by atoms with Crippen LogP contribution in [0, 0.1) is 23.7 Å². The molecule has 1 saturated heterocycles. The molecule has 2 aliphatic carbocycles. The quantitative estimate of drug-likeness (QED) is 0.572. The Morgan fingerprint density at radius 2 is 1.87 bits per heavy atom. The Labute approximate surface area is 184 Å². The number of hydrogen-bond acceptors (Lipinski definition) is 4. The average Bonchev–Trinajstić information content (AvgIpc) is 3.38. The van der Waals surface area contributed by atoms with Gasteiger partial charge in [0, 0.05) is 5.02 Å². The summed E-state index contributed by atoms with van der Waals surface area (Å²) in [5.41, 5.74) is 2.14. The molecule has 1 saturated carbocycles. The minimum absolute atomic E-state index is 0.105. The van der Waals surface area contributed by atoms with Gasteiger partial charge in [0.25, 0.3) is 5.91 Å². The maximum Gasteiger partial charge on any atom is 0.257 e. The molecule has 1 heterocycles. The number of halogens is 1. The second-order valence-corrected chi connectivity index (χ2v) is 8.73. The third kappa shape index (κ3) is 2.97. The van der Waals surface area contributed by atoms with E-state index in [1.807, 2.05) is 6.92 Å². The molecule has 2 fully saturated rings. The fourth-order valence-electron chi connectivity index (χ4n) is 5.34. The largest absolute Gasteiger partial charge is 0.495 e. The lowest BCUT2D eigenvalue weighted by atomic mass is 9.82. The molecule has 5 rings (SSSR count). The normalized spacial score (nSPS) is 26.2. The molecule has 0 radical (unpaired) electrons. The molecule has 6 nitrogen and oxygen atoms in total. The molecule has 3 amide bonds. The average molecular weight is 437 g/mol. The van der Waals surface area contributed by atoms with Crippen molar-refractivity contribution in [2.45, 2.75) is 13.3 Å². The zero-order valence-electron chi connectivity index (χ0n) is 17.1. The van der Waals surface area contributed by atoms with Crippen LogP contribution in [0.15, 0.2) is 54.1 Å². The number of amides is 3. The lowest BCUT2D eigenvalue weighted by Crippen LogP contribution is -2.34. The molecule has 2 aromatic carbocycles. The van der Waals surface area contributed by atoms with Crippen molar-refractivity contribution in [2.24, 2.45) is 23.7 Å². The Morgan fingerprint density at radius 1 is 1.13 bits per heavy atom. The number of hydrogen-bond donors (Lipinski definition) is 1. The Hall–Kier alpha value is -3.12. The van der Waals surface area contributed by atoms with Crippen molar-refractivity contribution in [3.8, 4) is 5.75 Å². The van der Waals surface area contributed by atoms with Crippen LogP contribution in [0.3, 0.4) is 0 Å². The summed E-state index contributed by atoms with van der Waals surface area (Å²) in [5, 5.41) is 3.24. The number of allylic oxidation sites excluding steroid dienone is 2. The third-order valence-electron chi connectivity index (χ3n) is 6.68. The molecule has 0 unspecified atom stereocenters. The number of ether oxygens (including phenoxy) is 1. The fraction of sp³-hybridized carbons (Fsp3) is 0.292. The standard InChI is InChI=1S/C24H21ClN2O4/c1-12-9-13-10-16(12)21-20(13)23(29)27(24(21)30)18-6-4-3-5-15(18)22(28)26-17-11-14(25)7-8-19(17)31-2/h3-9,11,13,16,20-21H,10H2,1-2H3,(H,26,28)/t13-,16+,20+,21-/m0/s1. The second-order valence-electron chi connectivity index (χ2n) is 8.30. The van der Waals surface area contributed by atoms with Crippen LogP contribution in [0.25, 0.3) is 0 Å². The van der Waals surface area contributed by atoms with Gasteiger partial charge in [-0.1, -0.05) is 35.4 Å². The highest BCUT2D eigenvalue weighted by molar-refractivity contribution is 6.31. The van der Waals surface area contributed by atoms with Gasteiger partial charge in [-0.2, -0.15) is 0 Å². The van der Waals surface area contributed by atoms with Gasteiger partial charge in [-0.15, -0.1) is 0 Å². The summed E-state index contributed by atoms with van der Waals surface area (Å²) in [6, 6.07) is 11.6. The number of nitrogens with zero attached hydrogens (tertiary/aromatic N) is 1. The Morgan fingerprint density at radius 3 is 2.65 bits per heavy atom. The number of rotatable bonds is 4. The van der Waals surface area contributed by atoms with Crippen LogP contribution < -0.4 is 15.0 Å². The van der Waals surface area contributed by atoms with E-state index in [1.165, 1.54) is 17.6 Å². The smallest absolute Gasteiger partial charge is 0.257 e. The highest BCUT2D eigenvalue weighted by Gasteiger charge is 2.61. The monoisotopic (exact) mass is 436 g/mol. The number of benzene rings is 2. The van der Waals surface area contributed by atoms with Crippen LogP contribution in [0.1, 0.15) is 23.7 Å². The van der Waals surface area contributed by atoms with E-state index in [2.05, 4.69) is 11.4 Å². The summed E-state index contributed by atoms with van der Waals surface area (Å²) in [4.78, 5) is 41.0. The van der Waals surface area contributed by atoms with Crippen molar-refractivity contribution in [3.05, 3.63) is 64.7 Å². The Bertz CT molecular complexity index is 1160. The van der Waals surface area contributed by atoms with E-state index in [0.717, 1.165) is 6.42 Å². The number of para-hydroxylation sites is 1. The van der Waals surface area contributed by atoms with E-state index in [1.54, 1.807) is 42.5 Å². The van der Waals surface area contributed by atoms with Gasteiger partial charge in [0.1, 0.15) is 5.75 Å². The second kappa shape index (κ2) is 7.24. The Kier molecular flexibility index (Phi) is 4.63. The van der Waals surface area contributed by atoms with Crippen molar-refractivity contribution >= 4 is 40.7 Å². The molecule has 4 atom stereocenters. The molecule has 1 N–H and O–H groups in total. The first-order chi connectivity index (χ1) is 14.9. The fourth-order valence-corrected chi connectivity index (χ4v) is 5.51. The molecule has 7 heteroatoms. The zero-order chi connectivity index (χ0) is 21.9. The maximum absolute atomic E-state index is 13.3. The zero-order valence-corrected chi connectivity index (χ0v) is 17.8. The minimum Gasteiger partial charge on any atom is -0.495 e. The predicted molar refractivity (Wildman–Crippen MR) is 117 cm³/mol. The predicted octanol–water partition coefficient (Wildman–Crippen LogP) is 4.30. The molecule has 1 aliphatic heterocycles. The first kappa shape index (κ1) is 19.8. The van der Waals surface area contributed by atoms with Gasteiger partial charge in [-0.05, 0) is 55.5 Å². The number of imide groups is 1. The van der Waals surface area contributed by atoms with E-state index >= 15 is 0 Å². The molecule has 0 spiro atoms. The molecule has 3 aliphatic rings. The summed E-state index contributed by atoms with van der Waals surface area (Å²) in [5.74, 6) is -0.858. The molecule has 2 aromatic rings. The van der Waals surface area contributed by atoms with Crippen molar-refractivity contribution < 1.29 is 19.1 Å². The van der Waals surface area contributed by atoms with Crippen molar-refractivity contribution in [1.82, 2.24) is 0 Å². The van der Waals surface area contributed by atoms with Gasteiger partial charge in [0.2, 0.25) is 11.8 Å². The number of carbonyl (C=O) groups is 3. The van der Waals surface area contributed by atoms with Crippen molar-refractivity contribution in [1.29, 1.82) is 0 Å². The molecular formula is C24H21ClN2O4. The Balaban J connectivity index is 1.48. The topological polar surface area (TPSA) is 75.7 Å². The van der Waals surface area contributed by atoms with Gasteiger partial charge in [-0.25, -0.2) is 4.90 Å². The first-order valence-electron chi connectivity index (χ1n) is 10.2.